The molecule has 0 aromatic heterocycles. The van der Waals surface area contributed by atoms with Crippen molar-refractivity contribution in [2.75, 3.05) is 6.61 Å². The summed E-state index contributed by atoms with van der Waals surface area (Å²) < 4.78 is 8.99. The van der Waals surface area contributed by atoms with Crippen molar-refractivity contribution < 1.29 is 19.1 Å². The third-order valence-electron chi connectivity index (χ3n) is 1.22. The molecule has 0 radical (unpaired) electrons. The summed E-state index contributed by atoms with van der Waals surface area (Å²) in [5, 5.41) is 0. The predicted molar refractivity (Wildman–Crippen MR) is 34.7 cm³/mol. The molecular formula is C7H6O4. The molecule has 0 aromatic rings. The van der Waals surface area contributed by atoms with E-state index in [-0.39, 0.29) is 18.8 Å². The molecule has 0 aromatic carbocycles. The highest BCUT2D eigenvalue weighted by Crippen LogP contribution is 2.09. The summed E-state index contributed by atoms with van der Waals surface area (Å²) >= 11 is 0. The standard InChI is InChI=1S/C7H6O4/c1-2-5(8)3-6-4-10-7(9)11-6/h1,6H,3-4H2. The van der Waals surface area contributed by atoms with Crippen LogP contribution in [0.1, 0.15) is 6.42 Å². The molecule has 4 nitrogen and oxygen atoms in total. The molecule has 1 atom stereocenters. The molecule has 4 heteroatoms. The Labute approximate surface area is 63.5 Å². The van der Waals surface area contributed by atoms with Crippen LogP contribution < -0.4 is 0 Å². The molecular weight excluding hydrogens is 148 g/mol. The molecule has 1 fully saturated rings. The molecule has 1 aliphatic rings. The average molecular weight is 154 g/mol. The van der Waals surface area contributed by atoms with Crippen LogP contribution in [-0.2, 0) is 14.3 Å². The van der Waals surface area contributed by atoms with Gasteiger partial charge in [0.2, 0.25) is 5.78 Å². The van der Waals surface area contributed by atoms with E-state index in [4.69, 9.17) is 6.42 Å². The lowest BCUT2D eigenvalue weighted by Gasteiger charge is -1.99. The van der Waals surface area contributed by atoms with Gasteiger partial charge in [0.15, 0.2) is 0 Å². The van der Waals surface area contributed by atoms with Crippen molar-refractivity contribution in [1.82, 2.24) is 0 Å². The third kappa shape index (κ3) is 1.97. The number of cyclic esters (lactones) is 2. The molecule has 0 amide bonds. The summed E-state index contributed by atoms with van der Waals surface area (Å²) in [6.45, 7) is 0.117. The molecule has 1 heterocycles. The summed E-state index contributed by atoms with van der Waals surface area (Å²) in [4.78, 5) is 20.9. The highest BCUT2D eigenvalue weighted by molar-refractivity contribution is 5.95. The zero-order chi connectivity index (χ0) is 8.27. The van der Waals surface area contributed by atoms with Crippen molar-refractivity contribution in [3.63, 3.8) is 0 Å². The highest BCUT2D eigenvalue weighted by Gasteiger charge is 2.26. The van der Waals surface area contributed by atoms with Gasteiger partial charge in [-0.15, -0.1) is 6.42 Å². The van der Waals surface area contributed by atoms with E-state index >= 15 is 0 Å². The van der Waals surface area contributed by atoms with E-state index < -0.39 is 12.3 Å². The summed E-state index contributed by atoms with van der Waals surface area (Å²) in [6, 6.07) is 0. The van der Waals surface area contributed by atoms with Crippen LogP contribution in [0.4, 0.5) is 4.79 Å². The van der Waals surface area contributed by atoms with E-state index in [0.717, 1.165) is 0 Å². The van der Waals surface area contributed by atoms with Gasteiger partial charge in [-0.1, -0.05) is 0 Å². The molecule has 0 saturated carbocycles. The molecule has 1 unspecified atom stereocenters. The van der Waals surface area contributed by atoms with Crippen molar-refractivity contribution in [3.8, 4) is 12.3 Å². The largest absolute Gasteiger partial charge is 0.508 e. The first kappa shape index (κ1) is 7.61. The van der Waals surface area contributed by atoms with Crippen molar-refractivity contribution in [2.24, 2.45) is 0 Å². The SMILES string of the molecule is C#CC(=O)CC1COC(=O)O1. The van der Waals surface area contributed by atoms with Gasteiger partial charge in [-0.05, 0) is 5.92 Å². The van der Waals surface area contributed by atoms with E-state index in [0.29, 0.717) is 0 Å². The van der Waals surface area contributed by atoms with Crippen LogP contribution in [0.3, 0.4) is 0 Å². The van der Waals surface area contributed by atoms with E-state index in [9.17, 15) is 9.59 Å². The maximum absolute atomic E-state index is 10.6. The number of carbonyl (C=O) groups is 2. The van der Waals surface area contributed by atoms with E-state index in [2.05, 4.69) is 9.47 Å². The molecule has 0 bridgehead atoms. The number of carbonyl (C=O) groups excluding carboxylic acids is 2. The van der Waals surface area contributed by atoms with Gasteiger partial charge in [0.25, 0.3) is 0 Å². The lowest BCUT2D eigenvalue weighted by atomic mass is 10.2. The molecule has 1 aliphatic heterocycles. The average Bonchev–Trinajstić information content (AvgIpc) is 2.35. The first-order valence-electron chi connectivity index (χ1n) is 3.05. The van der Waals surface area contributed by atoms with Crippen molar-refractivity contribution in [1.29, 1.82) is 0 Å². The highest BCUT2D eigenvalue weighted by atomic mass is 16.8. The number of ether oxygens (including phenoxy) is 2. The van der Waals surface area contributed by atoms with Gasteiger partial charge in [-0.25, -0.2) is 4.79 Å². The van der Waals surface area contributed by atoms with Gasteiger partial charge >= 0.3 is 6.16 Å². The molecule has 0 N–H and O–H groups in total. The smallest absolute Gasteiger partial charge is 0.430 e. The van der Waals surface area contributed by atoms with Crippen LogP contribution in [0.25, 0.3) is 0 Å². The zero-order valence-electron chi connectivity index (χ0n) is 5.70. The van der Waals surface area contributed by atoms with Crippen LogP contribution in [0.2, 0.25) is 0 Å². The van der Waals surface area contributed by atoms with Gasteiger partial charge in [-0.2, -0.15) is 0 Å². The Balaban J connectivity index is 2.35. The molecule has 1 saturated heterocycles. The summed E-state index contributed by atoms with van der Waals surface area (Å²) in [7, 11) is 0. The van der Waals surface area contributed by atoms with Gasteiger partial charge in [0.1, 0.15) is 12.7 Å². The Bertz CT molecular complexity index is 225. The fourth-order valence-electron chi connectivity index (χ4n) is 0.731. The lowest BCUT2D eigenvalue weighted by Crippen LogP contribution is -2.14. The predicted octanol–water partition coefficient (Wildman–Crippen LogP) is 0.114. The number of terminal acetylenes is 1. The first-order valence-corrected chi connectivity index (χ1v) is 3.05. The van der Waals surface area contributed by atoms with Crippen LogP contribution in [0.15, 0.2) is 0 Å². The van der Waals surface area contributed by atoms with Gasteiger partial charge in [0.05, 0.1) is 6.42 Å². The minimum absolute atomic E-state index is 0.0439. The Morgan fingerprint density at radius 2 is 2.55 bits per heavy atom. The van der Waals surface area contributed by atoms with Crippen LogP contribution in [0, 0.1) is 12.3 Å². The van der Waals surface area contributed by atoms with E-state index in [1.807, 2.05) is 5.92 Å². The number of Topliss-reactive ketones (excluding diaryl/α,β-unsaturated/α-hetero) is 1. The van der Waals surface area contributed by atoms with Crippen LogP contribution in [-0.4, -0.2) is 24.6 Å². The van der Waals surface area contributed by atoms with Crippen LogP contribution in [0.5, 0.6) is 0 Å². The van der Waals surface area contributed by atoms with Crippen molar-refractivity contribution in [2.45, 2.75) is 12.5 Å². The fraction of sp³-hybridized carbons (Fsp3) is 0.429. The number of ketones is 1. The monoisotopic (exact) mass is 154 g/mol. The number of hydrogen-bond donors (Lipinski definition) is 0. The summed E-state index contributed by atoms with van der Waals surface area (Å²) in [5.41, 5.74) is 0. The minimum atomic E-state index is -0.736. The topological polar surface area (TPSA) is 52.6 Å². The molecule has 0 spiro atoms. The molecule has 58 valence electrons. The van der Waals surface area contributed by atoms with E-state index in [1.165, 1.54) is 0 Å². The number of rotatable bonds is 2. The van der Waals surface area contributed by atoms with Crippen molar-refractivity contribution in [3.05, 3.63) is 0 Å². The summed E-state index contributed by atoms with van der Waals surface area (Å²) in [6.07, 6.45) is 3.62. The van der Waals surface area contributed by atoms with Crippen LogP contribution >= 0.6 is 0 Å². The second kappa shape index (κ2) is 3.06. The normalized spacial score (nSPS) is 21.7. The minimum Gasteiger partial charge on any atom is -0.430 e. The Kier molecular flexibility index (Phi) is 2.12. The van der Waals surface area contributed by atoms with Gasteiger partial charge < -0.3 is 9.47 Å². The maximum Gasteiger partial charge on any atom is 0.508 e. The second-order valence-corrected chi connectivity index (χ2v) is 2.07. The summed E-state index contributed by atoms with van der Waals surface area (Å²) in [5.74, 6) is 1.54. The Morgan fingerprint density at radius 1 is 1.82 bits per heavy atom. The van der Waals surface area contributed by atoms with Gasteiger partial charge in [-0.3, -0.25) is 4.79 Å². The Hall–Kier alpha value is -1.50. The third-order valence-corrected chi connectivity index (χ3v) is 1.22. The quantitative estimate of drug-likeness (QED) is 0.322. The molecule has 0 aliphatic carbocycles. The first-order chi connectivity index (χ1) is 5.22. The van der Waals surface area contributed by atoms with E-state index in [1.54, 1.807) is 0 Å². The second-order valence-electron chi connectivity index (χ2n) is 2.07. The zero-order valence-corrected chi connectivity index (χ0v) is 5.70. The molecule has 11 heavy (non-hydrogen) atoms. The number of hydrogen-bond acceptors (Lipinski definition) is 4. The molecule has 1 rings (SSSR count). The Morgan fingerprint density at radius 3 is 3.00 bits per heavy atom. The lowest BCUT2D eigenvalue weighted by molar-refractivity contribution is -0.115. The van der Waals surface area contributed by atoms with Gasteiger partial charge in [0, 0.05) is 0 Å². The fourth-order valence-corrected chi connectivity index (χ4v) is 0.731. The van der Waals surface area contributed by atoms with Crippen molar-refractivity contribution >= 4 is 11.9 Å². The maximum atomic E-state index is 10.6.